The lowest BCUT2D eigenvalue weighted by Gasteiger charge is -2.32. The van der Waals surface area contributed by atoms with E-state index in [0.29, 0.717) is 39.3 Å². The minimum Gasteiger partial charge on any atom is -0.497 e. The lowest BCUT2D eigenvalue weighted by Crippen LogP contribution is -2.42. The number of carbonyl (C=O) groups excluding carboxylic acids is 2. The van der Waals surface area contributed by atoms with Crippen molar-refractivity contribution in [1.82, 2.24) is 19.9 Å². The molecule has 0 aliphatic rings. The lowest BCUT2D eigenvalue weighted by atomic mass is 10.0. The Kier molecular flexibility index (Phi) is 8.19. The van der Waals surface area contributed by atoms with Gasteiger partial charge in [-0.2, -0.15) is 0 Å². The van der Waals surface area contributed by atoms with E-state index >= 15 is 0 Å². The van der Waals surface area contributed by atoms with Gasteiger partial charge in [-0.05, 0) is 71.8 Å². The number of carbonyl (C=O) groups is 2. The number of methoxy groups -OCH3 is 2. The predicted octanol–water partition coefficient (Wildman–Crippen LogP) is 5.00. The molecule has 0 aliphatic carbocycles. The number of nitrogens with one attached hydrogen (secondary N) is 1. The summed E-state index contributed by atoms with van der Waals surface area (Å²) in [4.78, 5) is 29.5. The summed E-state index contributed by atoms with van der Waals surface area (Å²) < 4.78 is 25.9. The number of anilines is 1. The Morgan fingerprint density at radius 3 is 2.37 bits per heavy atom. The molecule has 9 nitrogen and oxygen atoms in total. The van der Waals surface area contributed by atoms with Crippen molar-refractivity contribution in [2.75, 3.05) is 19.5 Å². The summed E-state index contributed by atoms with van der Waals surface area (Å²) in [6.07, 6.45) is 0. The molecule has 1 atom stereocenters. The molecule has 0 spiro atoms. The van der Waals surface area contributed by atoms with Crippen LogP contribution in [0.2, 0.25) is 0 Å². The first kappa shape index (κ1) is 27.3. The quantitative estimate of drug-likeness (QED) is 0.262. The van der Waals surface area contributed by atoms with Gasteiger partial charge in [0.1, 0.15) is 35.4 Å². The van der Waals surface area contributed by atoms with Gasteiger partial charge in [0, 0.05) is 12.2 Å². The Labute approximate surface area is 236 Å². The van der Waals surface area contributed by atoms with E-state index in [1.807, 2.05) is 18.2 Å². The number of hydrogen-bond acceptors (Lipinski definition) is 6. The van der Waals surface area contributed by atoms with Gasteiger partial charge in [0.25, 0.3) is 5.91 Å². The standard InChI is InChI=1S/C31H28FN5O4/c1-40-25-16-14-24(15-17-25)33-31(39)30(22-6-5-7-26(18-22)41-2)36(19-21-10-12-23(32)13-11-21)29(38)20-37-28-9-4-3-8-27(28)34-35-37/h3-18,30H,19-20H2,1-2H3,(H,33,39). The molecule has 10 heteroatoms. The van der Waals surface area contributed by atoms with Crippen LogP contribution in [0.1, 0.15) is 17.2 Å². The van der Waals surface area contributed by atoms with Gasteiger partial charge in [0.15, 0.2) is 0 Å². The molecule has 1 unspecified atom stereocenters. The molecule has 0 fully saturated rings. The van der Waals surface area contributed by atoms with Gasteiger partial charge < -0.3 is 19.7 Å². The van der Waals surface area contributed by atoms with Crippen LogP contribution in [0.5, 0.6) is 11.5 Å². The fourth-order valence-electron chi connectivity index (χ4n) is 4.53. The molecule has 0 radical (unpaired) electrons. The molecular formula is C31H28FN5O4. The van der Waals surface area contributed by atoms with Crippen molar-refractivity contribution >= 4 is 28.5 Å². The van der Waals surface area contributed by atoms with Crippen molar-refractivity contribution in [3.63, 3.8) is 0 Å². The number of para-hydroxylation sites is 1. The van der Waals surface area contributed by atoms with Crippen molar-refractivity contribution in [1.29, 1.82) is 0 Å². The maximum Gasteiger partial charge on any atom is 0.251 e. The van der Waals surface area contributed by atoms with E-state index in [9.17, 15) is 14.0 Å². The fraction of sp³-hybridized carbons (Fsp3) is 0.161. The molecule has 208 valence electrons. The number of rotatable bonds is 10. The maximum absolute atomic E-state index is 14.1. The summed E-state index contributed by atoms with van der Waals surface area (Å²) in [7, 11) is 3.09. The number of fused-ring (bicyclic) bond motifs is 1. The molecule has 0 saturated carbocycles. The van der Waals surface area contributed by atoms with E-state index < -0.39 is 17.8 Å². The third kappa shape index (κ3) is 6.33. The summed E-state index contributed by atoms with van der Waals surface area (Å²) in [5.41, 5.74) is 3.04. The van der Waals surface area contributed by atoms with Gasteiger partial charge >= 0.3 is 0 Å². The second kappa shape index (κ2) is 12.3. The summed E-state index contributed by atoms with van der Waals surface area (Å²) in [6.45, 7) is -0.137. The second-order valence-corrected chi connectivity index (χ2v) is 9.28. The van der Waals surface area contributed by atoms with Gasteiger partial charge in [0.2, 0.25) is 5.91 Å². The van der Waals surface area contributed by atoms with Crippen LogP contribution in [0.15, 0.2) is 97.1 Å². The van der Waals surface area contributed by atoms with Crippen molar-refractivity contribution in [2.24, 2.45) is 0 Å². The molecule has 2 amide bonds. The Morgan fingerprint density at radius 1 is 0.902 bits per heavy atom. The molecule has 5 aromatic rings. The second-order valence-electron chi connectivity index (χ2n) is 9.28. The largest absolute Gasteiger partial charge is 0.497 e. The zero-order chi connectivity index (χ0) is 28.8. The Morgan fingerprint density at radius 2 is 1.63 bits per heavy atom. The number of nitrogens with zero attached hydrogens (tertiary/aromatic N) is 4. The predicted molar refractivity (Wildman–Crippen MR) is 152 cm³/mol. The normalized spacial score (nSPS) is 11.6. The molecular weight excluding hydrogens is 525 g/mol. The zero-order valence-corrected chi connectivity index (χ0v) is 22.5. The van der Waals surface area contributed by atoms with E-state index in [2.05, 4.69) is 15.6 Å². The van der Waals surface area contributed by atoms with Crippen molar-refractivity contribution in [2.45, 2.75) is 19.1 Å². The smallest absolute Gasteiger partial charge is 0.251 e. The van der Waals surface area contributed by atoms with Crippen molar-refractivity contribution < 1.29 is 23.5 Å². The SMILES string of the molecule is COc1ccc(NC(=O)C(c2cccc(OC)c2)N(Cc2ccc(F)cc2)C(=O)Cn2nnc3ccccc32)cc1. The summed E-state index contributed by atoms with van der Waals surface area (Å²) in [5, 5.41) is 11.2. The van der Waals surface area contributed by atoms with Crippen LogP contribution in [-0.4, -0.2) is 45.9 Å². The zero-order valence-electron chi connectivity index (χ0n) is 22.5. The van der Waals surface area contributed by atoms with Crippen LogP contribution in [0.4, 0.5) is 10.1 Å². The molecule has 0 saturated heterocycles. The number of amides is 2. The van der Waals surface area contributed by atoms with Crippen LogP contribution in [-0.2, 0) is 22.7 Å². The Hall–Kier alpha value is -5.25. The highest BCUT2D eigenvalue weighted by molar-refractivity contribution is 5.98. The Bertz CT molecular complexity index is 1650. The first-order chi connectivity index (χ1) is 19.9. The average molecular weight is 554 g/mol. The first-order valence-corrected chi connectivity index (χ1v) is 12.9. The van der Waals surface area contributed by atoms with E-state index in [0.717, 1.165) is 0 Å². The van der Waals surface area contributed by atoms with E-state index in [1.165, 1.54) is 28.8 Å². The van der Waals surface area contributed by atoms with Gasteiger partial charge in [-0.25, -0.2) is 9.07 Å². The summed E-state index contributed by atoms with van der Waals surface area (Å²) >= 11 is 0. The maximum atomic E-state index is 14.1. The number of hydrogen-bond donors (Lipinski definition) is 1. The highest BCUT2D eigenvalue weighted by atomic mass is 19.1. The minimum atomic E-state index is -1.07. The fourth-order valence-corrected chi connectivity index (χ4v) is 4.53. The molecule has 41 heavy (non-hydrogen) atoms. The van der Waals surface area contributed by atoms with Gasteiger partial charge in [-0.15, -0.1) is 5.10 Å². The third-order valence-corrected chi connectivity index (χ3v) is 6.62. The molecule has 1 heterocycles. The first-order valence-electron chi connectivity index (χ1n) is 12.9. The van der Waals surface area contributed by atoms with Gasteiger partial charge in [0.05, 0.1) is 19.7 Å². The van der Waals surface area contributed by atoms with Gasteiger partial charge in [-0.1, -0.05) is 41.6 Å². The van der Waals surface area contributed by atoms with Crippen LogP contribution < -0.4 is 14.8 Å². The highest BCUT2D eigenvalue weighted by Gasteiger charge is 2.32. The number of benzene rings is 4. The molecule has 5 rings (SSSR count). The third-order valence-electron chi connectivity index (χ3n) is 6.62. The van der Waals surface area contributed by atoms with Crippen LogP contribution >= 0.6 is 0 Å². The van der Waals surface area contributed by atoms with Gasteiger partial charge in [-0.3, -0.25) is 9.59 Å². The van der Waals surface area contributed by atoms with E-state index in [1.54, 1.807) is 73.8 Å². The number of aromatic nitrogens is 3. The molecule has 4 aromatic carbocycles. The summed E-state index contributed by atoms with van der Waals surface area (Å²) in [6, 6.07) is 25.9. The Balaban J connectivity index is 1.55. The molecule has 1 aromatic heterocycles. The monoisotopic (exact) mass is 553 g/mol. The highest BCUT2D eigenvalue weighted by Crippen LogP contribution is 2.29. The molecule has 0 bridgehead atoms. The van der Waals surface area contributed by atoms with Crippen molar-refractivity contribution in [3.8, 4) is 11.5 Å². The molecule has 0 aliphatic heterocycles. The lowest BCUT2D eigenvalue weighted by molar-refractivity contribution is -0.140. The van der Waals surface area contributed by atoms with Crippen molar-refractivity contribution in [3.05, 3.63) is 114 Å². The van der Waals surface area contributed by atoms with Crippen LogP contribution in [0.3, 0.4) is 0 Å². The van der Waals surface area contributed by atoms with Crippen LogP contribution in [0.25, 0.3) is 11.0 Å². The number of ether oxygens (including phenoxy) is 2. The summed E-state index contributed by atoms with van der Waals surface area (Å²) in [5.74, 6) is -0.0611. The molecule has 1 N–H and O–H groups in total. The average Bonchev–Trinajstić information content (AvgIpc) is 3.41. The van der Waals surface area contributed by atoms with Crippen LogP contribution in [0, 0.1) is 5.82 Å². The minimum absolute atomic E-state index is 0.0314. The number of halogens is 1. The van der Waals surface area contributed by atoms with E-state index in [-0.39, 0.29) is 19.0 Å². The van der Waals surface area contributed by atoms with E-state index in [4.69, 9.17) is 9.47 Å². The topological polar surface area (TPSA) is 98.6 Å².